The van der Waals surface area contributed by atoms with Crippen molar-refractivity contribution in [2.75, 3.05) is 18.5 Å². The van der Waals surface area contributed by atoms with Crippen LogP contribution in [0.5, 0.6) is 0 Å². The fourth-order valence-electron chi connectivity index (χ4n) is 3.24. The summed E-state index contributed by atoms with van der Waals surface area (Å²) >= 11 is 1.49. The van der Waals surface area contributed by atoms with Crippen LogP contribution in [-0.4, -0.2) is 52.2 Å². The number of thiazole rings is 1. The van der Waals surface area contributed by atoms with Gasteiger partial charge in [-0.3, -0.25) is 4.79 Å². The van der Waals surface area contributed by atoms with Gasteiger partial charge in [0.05, 0.1) is 30.4 Å². The van der Waals surface area contributed by atoms with Crippen LogP contribution in [0.3, 0.4) is 0 Å². The van der Waals surface area contributed by atoms with E-state index in [0.29, 0.717) is 12.2 Å². The van der Waals surface area contributed by atoms with Gasteiger partial charge in [-0.25, -0.2) is 9.78 Å². The number of nitrogens with one attached hydrogen (secondary N) is 2. The number of hydrogen-bond donors (Lipinski definition) is 3. The smallest absolute Gasteiger partial charge is 0.319 e. The van der Waals surface area contributed by atoms with E-state index in [0.717, 1.165) is 16.1 Å². The molecule has 1 aromatic carbocycles. The number of aryl methyl sites for hydroxylation is 1. The van der Waals surface area contributed by atoms with Gasteiger partial charge in [-0.05, 0) is 38.5 Å². The zero-order valence-corrected chi connectivity index (χ0v) is 17.5. The van der Waals surface area contributed by atoms with Gasteiger partial charge in [0.15, 0.2) is 0 Å². The maximum Gasteiger partial charge on any atom is 0.319 e. The summed E-state index contributed by atoms with van der Waals surface area (Å²) in [6, 6.07) is 6.50. The van der Waals surface area contributed by atoms with Gasteiger partial charge in [-0.15, -0.1) is 11.3 Å². The molecule has 1 fully saturated rings. The molecule has 1 aromatic heterocycles. The molecule has 156 valence electrons. The molecule has 3 rings (SSSR count). The second-order valence-corrected chi connectivity index (χ2v) is 8.18. The van der Waals surface area contributed by atoms with E-state index >= 15 is 0 Å². The first-order chi connectivity index (χ1) is 13.9. The largest absolute Gasteiger partial charge is 0.394 e. The maximum absolute atomic E-state index is 12.5. The minimum atomic E-state index is -0.499. The van der Waals surface area contributed by atoms with Crippen molar-refractivity contribution >= 4 is 29.0 Å². The Morgan fingerprint density at radius 2 is 2.10 bits per heavy atom. The number of ether oxygens (including phenoxy) is 1. The molecule has 0 saturated carbocycles. The van der Waals surface area contributed by atoms with E-state index < -0.39 is 12.1 Å². The van der Waals surface area contributed by atoms with Gasteiger partial charge in [-0.2, -0.15) is 0 Å². The molecule has 3 N–H and O–H groups in total. The molecule has 0 aliphatic carbocycles. The van der Waals surface area contributed by atoms with Crippen molar-refractivity contribution in [1.29, 1.82) is 0 Å². The molecule has 1 aliphatic rings. The average Bonchev–Trinajstić information content (AvgIpc) is 3.08. The number of amides is 3. The fourth-order valence-corrected chi connectivity index (χ4v) is 4.01. The van der Waals surface area contributed by atoms with Gasteiger partial charge in [0.2, 0.25) is 5.91 Å². The molecule has 2 atom stereocenters. The van der Waals surface area contributed by atoms with Crippen LogP contribution in [-0.2, 0) is 16.1 Å². The van der Waals surface area contributed by atoms with E-state index in [1.54, 1.807) is 22.5 Å². The topological polar surface area (TPSA) is 104 Å². The first-order valence-corrected chi connectivity index (χ1v) is 10.4. The number of aliphatic hydroxyl groups is 1. The number of carbonyl (C=O) groups excluding carboxylic acids is 2. The summed E-state index contributed by atoms with van der Waals surface area (Å²) in [4.78, 5) is 31.2. The molecular formula is C20H26N4O4S. The molecule has 1 saturated heterocycles. The van der Waals surface area contributed by atoms with E-state index in [1.807, 2.05) is 32.9 Å². The monoisotopic (exact) mass is 418 g/mol. The molecule has 2 heterocycles. The zero-order chi connectivity index (χ0) is 21.0. The molecule has 0 bridgehead atoms. The summed E-state index contributed by atoms with van der Waals surface area (Å²) in [5.41, 5.74) is 4.12. The van der Waals surface area contributed by atoms with Crippen LogP contribution in [0.4, 0.5) is 10.5 Å². The van der Waals surface area contributed by atoms with E-state index in [9.17, 15) is 14.7 Å². The number of urea groups is 1. The summed E-state index contributed by atoms with van der Waals surface area (Å²) in [5.74, 6) is -0.156. The van der Waals surface area contributed by atoms with Crippen LogP contribution in [0.2, 0.25) is 0 Å². The van der Waals surface area contributed by atoms with E-state index in [2.05, 4.69) is 15.6 Å². The lowest BCUT2D eigenvalue weighted by Crippen LogP contribution is -2.52. The molecular weight excluding hydrogens is 392 g/mol. The Morgan fingerprint density at radius 1 is 1.38 bits per heavy atom. The number of rotatable bonds is 6. The minimum Gasteiger partial charge on any atom is -0.394 e. The number of carbonyl (C=O) groups is 2. The van der Waals surface area contributed by atoms with Crippen LogP contribution in [0.25, 0.3) is 0 Å². The van der Waals surface area contributed by atoms with E-state index in [1.165, 1.54) is 11.3 Å². The Bertz CT molecular complexity index is 852. The number of aromatic nitrogens is 1. The summed E-state index contributed by atoms with van der Waals surface area (Å²) in [6.45, 7) is 5.82. The summed E-state index contributed by atoms with van der Waals surface area (Å²) in [7, 11) is 0. The average molecular weight is 419 g/mol. The van der Waals surface area contributed by atoms with E-state index in [4.69, 9.17) is 4.74 Å². The first-order valence-electron chi connectivity index (χ1n) is 9.47. The van der Waals surface area contributed by atoms with Crippen LogP contribution in [0.1, 0.15) is 36.1 Å². The van der Waals surface area contributed by atoms with Crippen molar-refractivity contribution in [2.24, 2.45) is 0 Å². The molecule has 2 aromatic rings. The Morgan fingerprint density at radius 3 is 2.69 bits per heavy atom. The number of nitrogens with zero attached hydrogens (tertiary/aromatic N) is 2. The highest BCUT2D eigenvalue weighted by Crippen LogP contribution is 2.31. The lowest BCUT2D eigenvalue weighted by molar-refractivity contribution is -0.161. The molecule has 29 heavy (non-hydrogen) atoms. The van der Waals surface area contributed by atoms with Crippen molar-refractivity contribution in [2.45, 2.75) is 45.5 Å². The van der Waals surface area contributed by atoms with Crippen LogP contribution >= 0.6 is 11.3 Å². The molecule has 1 aliphatic heterocycles. The van der Waals surface area contributed by atoms with Crippen LogP contribution in [0.15, 0.2) is 29.8 Å². The van der Waals surface area contributed by atoms with Gasteiger partial charge >= 0.3 is 6.03 Å². The van der Waals surface area contributed by atoms with E-state index in [-0.39, 0.29) is 31.2 Å². The second kappa shape index (κ2) is 9.34. The van der Waals surface area contributed by atoms with Crippen LogP contribution in [0, 0.1) is 6.92 Å². The summed E-state index contributed by atoms with van der Waals surface area (Å²) < 4.78 is 5.77. The second-order valence-electron chi connectivity index (χ2n) is 7.24. The van der Waals surface area contributed by atoms with Gasteiger partial charge < -0.3 is 25.4 Å². The summed E-state index contributed by atoms with van der Waals surface area (Å²) in [6.07, 6.45) is -0.454. The molecule has 9 heteroatoms. The van der Waals surface area contributed by atoms with Gasteiger partial charge in [0, 0.05) is 16.6 Å². The quantitative estimate of drug-likeness (QED) is 0.669. The summed E-state index contributed by atoms with van der Waals surface area (Å²) in [5, 5.41) is 15.6. The number of morpholine rings is 1. The number of anilines is 1. The number of benzene rings is 1. The molecule has 0 radical (unpaired) electrons. The number of aliphatic hydroxyl groups excluding tert-OH is 1. The lowest BCUT2D eigenvalue weighted by Gasteiger charge is -2.40. The van der Waals surface area contributed by atoms with Gasteiger partial charge in [0.25, 0.3) is 0 Å². The van der Waals surface area contributed by atoms with Crippen molar-refractivity contribution < 1.29 is 19.4 Å². The SMILES string of the molecule is Cc1ncsc1CN1C(=O)CO[C@H](c2ccc(NC(=O)NC(C)C)cc2)[C@H]1CO. The highest BCUT2D eigenvalue weighted by atomic mass is 32.1. The minimum absolute atomic E-state index is 0.0425. The molecule has 8 nitrogen and oxygen atoms in total. The third kappa shape index (κ3) is 5.11. The maximum atomic E-state index is 12.5. The van der Waals surface area contributed by atoms with Crippen LogP contribution < -0.4 is 10.6 Å². The van der Waals surface area contributed by atoms with Crippen molar-refractivity contribution in [3.63, 3.8) is 0 Å². The predicted octanol–water partition coefficient (Wildman–Crippen LogP) is 2.44. The van der Waals surface area contributed by atoms with Gasteiger partial charge in [0.1, 0.15) is 12.7 Å². The highest BCUT2D eigenvalue weighted by molar-refractivity contribution is 7.09. The highest BCUT2D eigenvalue weighted by Gasteiger charge is 2.37. The Kier molecular flexibility index (Phi) is 6.83. The fraction of sp³-hybridized carbons (Fsp3) is 0.450. The van der Waals surface area contributed by atoms with Crippen molar-refractivity contribution in [1.82, 2.24) is 15.2 Å². The zero-order valence-electron chi connectivity index (χ0n) is 16.7. The number of hydrogen-bond acceptors (Lipinski definition) is 6. The Balaban J connectivity index is 1.74. The van der Waals surface area contributed by atoms with Crippen molar-refractivity contribution in [3.8, 4) is 0 Å². The van der Waals surface area contributed by atoms with Crippen molar-refractivity contribution in [3.05, 3.63) is 45.9 Å². The Hall–Kier alpha value is -2.49. The molecule has 0 unspecified atom stereocenters. The third-order valence-corrected chi connectivity index (χ3v) is 5.64. The first kappa shape index (κ1) is 21.2. The van der Waals surface area contributed by atoms with Gasteiger partial charge in [-0.1, -0.05) is 12.1 Å². The standard InChI is InChI=1S/C20H26N4O4S/c1-12(2)22-20(27)23-15-6-4-14(5-7-15)19-16(9-25)24(18(26)10-28-19)8-17-13(3)21-11-29-17/h4-7,11-12,16,19,25H,8-10H2,1-3H3,(H2,22,23,27)/t16-,19-/m1/s1. The Labute approximate surface area is 173 Å². The lowest BCUT2D eigenvalue weighted by atomic mass is 9.99. The molecule has 0 spiro atoms. The normalized spacial score (nSPS) is 19.5. The predicted molar refractivity (Wildman–Crippen MR) is 111 cm³/mol. The third-order valence-electron chi connectivity index (χ3n) is 4.72. The molecule has 3 amide bonds.